The Kier molecular flexibility index (Phi) is 4.57. The van der Waals surface area contributed by atoms with Crippen LogP contribution >= 0.6 is 0 Å². The molecule has 0 heterocycles. The van der Waals surface area contributed by atoms with Gasteiger partial charge in [-0.2, -0.15) is 0 Å². The quantitative estimate of drug-likeness (QED) is 0.751. The van der Waals surface area contributed by atoms with Crippen LogP contribution in [0.25, 0.3) is 0 Å². The Balaban J connectivity index is 2.82. The van der Waals surface area contributed by atoms with Gasteiger partial charge < -0.3 is 4.74 Å². The number of ether oxygens (including phenoxy) is 1. The molecule has 0 aliphatic carbocycles. The number of hydrogen-bond donors (Lipinski definition) is 0. The molecule has 0 unspecified atom stereocenters. The number of aryl methyl sites for hydroxylation is 1. The number of methoxy groups -OCH3 is 1. The average Bonchev–Trinajstić information content (AvgIpc) is 2.31. The molecule has 0 aromatic heterocycles. The molecule has 2 nitrogen and oxygen atoms in total. The van der Waals surface area contributed by atoms with E-state index in [4.69, 9.17) is 4.74 Å². The number of hydrogen-bond acceptors (Lipinski definition) is 2. The number of benzene rings is 1. The Morgan fingerprint density at radius 3 is 2.44 bits per heavy atom. The highest BCUT2D eigenvalue weighted by Crippen LogP contribution is 2.20. The molecule has 0 N–H and O–H groups in total. The van der Waals surface area contributed by atoms with Gasteiger partial charge in [0.2, 0.25) is 0 Å². The monoisotopic (exact) mass is 256 g/mol. The molecule has 0 aliphatic heterocycles. The molecular formula is C14H18F2O2. The molecular weight excluding hydrogens is 238 g/mol. The van der Waals surface area contributed by atoms with E-state index in [0.717, 1.165) is 6.07 Å². The maximum atomic E-state index is 13.5. The van der Waals surface area contributed by atoms with Gasteiger partial charge in [-0.25, -0.2) is 8.78 Å². The number of Topliss-reactive ketones (excluding diaryl/α,β-unsaturated/α-hetero) is 1. The van der Waals surface area contributed by atoms with Gasteiger partial charge in [0.15, 0.2) is 5.78 Å². The SMILES string of the molecule is COC(C)(C)CCC(=O)c1cc(C)c(F)cc1F. The molecule has 0 aliphatic rings. The molecule has 0 spiro atoms. The zero-order chi connectivity index (χ0) is 13.9. The lowest BCUT2D eigenvalue weighted by Crippen LogP contribution is -2.23. The number of ketones is 1. The van der Waals surface area contributed by atoms with Crippen LogP contribution in [0, 0.1) is 18.6 Å². The van der Waals surface area contributed by atoms with E-state index in [9.17, 15) is 13.6 Å². The van der Waals surface area contributed by atoms with E-state index in [2.05, 4.69) is 0 Å². The van der Waals surface area contributed by atoms with Crippen LogP contribution in [0.2, 0.25) is 0 Å². The van der Waals surface area contributed by atoms with Crippen molar-refractivity contribution >= 4 is 5.78 Å². The highest BCUT2D eigenvalue weighted by Gasteiger charge is 2.20. The molecule has 0 radical (unpaired) electrons. The minimum absolute atomic E-state index is 0.0548. The van der Waals surface area contributed by atoms with Crippen LogP contribution in [0.15, 0.2) is 12.1 Å². The van der Waals surface area contributed by atoms with Crippen LogP contribution in [0.4, 0.5) is 8.78 Å². The summed E-state index contributed by atoms with van der Waals surface area (Å²) < 4.78 is 31.8. The van der Waals surface area contributed by atoms with Crippen molar-refractivity contribution in [3.8, 4) is 0 Å². The molecule has 0 saturated heterocycles. The standard InChI is InChI=1S/C14H18F2O2/c1-9-7-10(12(16)8-11(9)15)13(17)5-6-14(2,3)18-4/h7-8H,5-6H2,1-4H3. The lowest BCUT2D eigenvalue weighted by Gasteiger charge is -2.22. The van der Waals surface area contributed by atoms with Crippen molar-refractivity contribution in [3.63, 3.8) is 0 Å². The third kappa shape index (κ3) is 3.60. The first-order valence-electron chi connectivity index (χ1n) is 5.81. The Labute approximate surface area is 106 Å². The molecule has 4 heteroatoms. The maximum absolute atomic E-state index is 13.5. The van der Waals surface area contributed by atoms with E-state index < -0.39 is 17.2 Å². The van der Waals surface area contributed by atoms with Gasteiger partial charge in [-0.3, -0.25) is 4.79 Å². The molecule has 18 heavy (non-hydrogen) atoms. The van der Waals surface area contributed by atoms with Gasteiger partial charge in [-0.15, -0.1) is 0 Å². The van der Waals surface area contributed by atoms with Gasteiger partial charge in [0.1, 0.15) is 11.6 Å². The summed E-state index contributed by atoms with van der Waals surface area (Å²) in [5, 5.41) is 0. The molecule has 1 aromatic rings. The second kappa shape index (κ2) is 5.57. The van der Waals surface area contributed by atoms with E-state index >= 15 is 0 Å². The maximum Gasteiger partial charge on any atom is 0.165 e. The topological polar surface area (TPSA) is 26.3 Å². The summed E-state index contributed by atoms with van der Waals surface area (Å²) in [6, 6.07) is 2.01. The Hall–Kier alpha value is -1.29. The van der Waals surface area contributed by atoms with Crippen LogP contribution in [0.1, 0.15) is 42.6 Å². The lowest BCUT2D eigenvalue weighted by molar-refractivity contribution is 0.0141. The van der Waals surface area contributed by atoms with Gasteiger partial charge in [0.25, 0.3) is 0 Å². The van der Waals surface area contributed by atoms with Crippen molar-refractivity contribution in [1.29, 1.82) is 0 Å². The number of carbonyl (C=O) groups excluding carboxylic acids is 1. The van der Waals surface area contributed by atoms with Crippen molar-refractivity contribution in [2.24, 2.45) is 0 Å². The van der Waals surface area contributed by atoms with Crippen LogP contribution in [0.3, 0.4) is 0 Å². The first-order chi connectivity index (χ1) is 8.26. The summed E-state index contributed by atoms with van der Waals surface area (Å²) in [5.74, 6) is -1.78. The molecule has 0 fully saturated rings. The van der Waals surface area contributed by atoms with Gasteiger partial charge >= 0.3 is 0 Å². The molecule has 0 amide bonds. The van der Waals surface area contributed by atoms with Crippen LogP contribution in [-0.4, -0.2) is 18.5 Å². The molecule has 1 rings (SSSR count). The minimum atomic E-state index is -0.807. The fourth-order valence-electron chi connectivity index (χ4n) is 1.52. The molecule has 0 bridgehead atoms. The van der Waals surface area contributed by atoms with Crippen molar-refractivity contribution in [2.75, 3.05) is 7.11 Å². The minimum Gasteiger partial charge on any atom is -0.379 e. The zero-order valence-corrected chi connectivity index (χ0v) is 11.1. The fraction of sp³-hybridized carbons (Fsp3) is 0.500. The lowest BCUT2D eigenvalue weighted by atomic mass is 9.96. The highest BCUT2D eigenvalue weighted by molar-refractivity contribution is 5.96. The third-order valence-electron chi connectivity index (χ3n) is 3.06. The molecule has 100 valence electrons. The number of carbonyl (C=O) groups is 1. The summed E-state index contributed by atoms with van der Waals surface area (Å²) in [5.41, 5.74) is -0.215. The summed E-state index contributed by atoms with van der Waals surface area (Å²) in [7, 11) is 1.56. The summed E-state index contributed by atoms with van der Waals surface area (Å²) in [6.45, 7) is 5.21. The number of rotatable bonds is 5. The number of halogens is 2. The van der Waals surface area contributed by atoms with E-state index in [-0.39, 0.29) is 23.3 Å². The van der Waals surface area contributed by atoms with E-state index in [1.54, 1.807) is 7.11 Å². The van der Waals surface area contributed by atoms with E-state index in [1.165, 1.54) is 13.0 Å². The molecule has 0 atom stereocenters. The van der Waals surface area contributed by atoms with Crippen molar-refractivity contribution in [1.82, 2.24) is 0 Å². The molecule has 1 aromatic carbocycles. The van der Waals surface area contributed by atoms with Gasteiger partial charge in [-0.05, 0) is 38.8 Å². The van der Waals surface area contributed by atoms with E-state index in [0.29, 0.717) is 6.42 Å². The van der Waals surface area contributed by atoms with Crippen LogP contribution < -0.4 is 0 Å². The Morgan fingerprint density at radius 2 is 1.89 bits per heavy atom. The second-order valence-electron chi connectivity index (χ2n) is 4.97. The van der Waals surface area contributed by atoms with Crippen LogP contribution in [-0.2, 0) is 4.74 Å². The van der Waals surface area contributed by atoms with Gasteiger partial charge in [0, 0.05) is 19.6 Å². The molecule has 0 saturated carbocycles. The Bertz CT molecular complexity index is 453. The normalized spacial score (nSPS) is 11.7. The summed E-state index contributed by atoms with van der Waals surface area (Å²) in [6.07, 6.45) is 0.654. The average molecular weight is 256 g/mol. The predicted molar refractivity (Wildman–Crippen MR) is 65.7 cm³/mol. The van der Waals surface area contributed by atoms with Crippen LogP contribution in [0.5, 0.6) is 0 Å². The first-order valence-corrected chi connectivity index (χ1v) is 5.81. The van der Waals surface area contributed by atoms with E-state index in [1.807, 2.05) is 13.8 Å². The zero-order valence-electron chi connectivity index (χ0n) is 11.1. The summed E-state index contributed by atoms with van der Waals surface area (Å²) >= 11 is 0. The fourth-order valence-corrected chi connectivity index (χ4v) is 1.52. The highest BCUT2D eigenvalue weighted by atomic mass is 19.1. The van der Waals surface area contributed by atoms with Gasteiger partial charge in [0.05, 0.1) is 11.2 Å². The predicted octanol–water partition coefficient (Wildman–Crippen LogP) is 3.66. The third-order valence-corrected chi connectivity index (χ3v) is 3.06. The second-order valence-corrected chi connectivity index (χ2v) is 4.97. The smallest absolute Gasteiger partial charge is 0.165 e. The summed E-state index contributed by atoms with van der Waals surface area (Å²) in [4.78, 5) is 11.9. The first kappa shape index (κ1) is 14.8. The van der Waals surface area contributed by atoms with Crippen molar-refractivity contribution < 1.29 is 18.3 Å². The van der Waals surface area contributed by atoms with Gasteiger partial charge in [-0.1, -0.05) is 0 Å². The largest absolute Gasteiger partial charge is 0.379 e. The Morgan fingerprint density at radius 1 is 1.28 bits per heavy atom. The van der Waals surface area contributed by atoms with Crippen molar-refractivity contribution in [3.05, 3.63) is 34.9 Å². The van der Waals surface area contributed by atoms with Crippen molar-refractivity contribution in [2.45, 2.75) is 39.2 Å².